The first-order valence-corrected chi connectivity index (χ1v) is 10.2. The molecule has 0 atom stereocenters. The Kier molecular flexibility index (Phi) is 4.64. The van der Waals surface area contributed by atoms with E-state index in [-0.39, 0.29) is 5.91 Å². The van der Waals surface area contributed by atoms with E-state index in [4.69, 9.17) is 4.74 Å². The van der Waals surface area contributed by atoms with Crippen LogP contribution in [0.4, 0.5) is 5.69 Å². The first-order valence-electron chi connectivity index (χ1n) is 10.2. The van der Waals surface area contributed by atoms with Crippen LogP contribution in [0.2, 0.25) is 0 Å². The molecule has 0 fully saturated rings. The minimum absolute atomic E-state index is 0.170. The number of fused-ring (bicyclic) bond motifs is 2. The van der Waals surface area contributed by atoms with Crippen LogP contribution in [0.25, 0.3) is 33.5 Å². The summed E-state index contributed by atoms with van der Waals surface area (Å²) in [7, 11) is 0. The van der Waals surface area contributed by atoms with Crippen LogP contribution < -0.4 is 5.32 Å². The van der Waals surface area contributed by atoms with Crippen molar-refractivity contribution in [1.29, 1.82) is 0 Å². The van der Waals surface area contributed by atoms with Gasteiger partial charge in [-0.2, -0.15) is 0 Å². The molecule has 5 nitrogen and oxygen atoms in total. The lowest BCUT2D eigenvalue weighted by Crippen LogP contribution is -2.05. The van der Waals surface area contributed by atoms with Crippen molar-refractivity contribution in [2.75, 3.05) is 11.9 Å². The van der Waals surface area contributed by atoms with Crippen molar-refractivity contribution in [3.05, 3.63) is 89.7 Å². The Morgan fingerprint density at radius 2 is 1.68 bits per heavy atom. The van der Waals surface area contributed by atoms with Gasteiger partial charge in [-0.1, -0.05) is 66.7 Å². The average Bonchev–Trinajstić information content (AvgIpc) is 3.32. The molecule has 0 unspecified atom stereocenters. The first-order chi connectivity index (χ1) is 15.2. The maximum Gasteiger partial charge on any atom is 0.355 e. The number of benzene rings is 3. The van der Waals surface area contributed by atoms with Crippen LogP contribution in [-0.4, -0.2) is 23.5 Å². The lowest BCUT2D eigenvalue weighted by molar-refractivity contribution is -0.110. The van der Waals surface area contributed by atoms with Gasteiger partial charge < -0.3 is 15.0 Å². The number of carbonyl (C=O) groups is 2. The highest BCUT2D eigenvalue weighted by Gasteiger charge is 2.25. The predicted molar refractivity (Wildman–Crippen MR) is 123 cm³/mol. The van der Waals surface area contributed by atoms with Gasteiger partial charge in [-0.25, -0.2) is 4.79 Å². The Morgan fingerprint density at radius 3 is 2.45 bits per heavy atom. The molecule has 4 aromatic rings. The largest absolute Gasteiger partial charge is 0.461 e. The van der Waals surface area contributed by atoms with Crippen molar-refractivity contribution in [2.45, 2.75) is 6.92 Å². The smallest absolute Gasteiger partial charge is 0.355 e. The molecule has 0 aliphatic carbocycles. The van der Waals surface area contributed by atoms with Crippen molar-refractivity contribution >= 4 is 40.0 Å². The highest BCUT2D eigenvalue weighted by atomic mass is 16.5. The van der Waals surface area contributed by atoms with E-state index in [1.807, 2.05) is 72.8 Å². The van der Waals surface area contributed by atoms with Crippen molar-refractivity contribution < 1.29 is 14.3 Å². The summed E-state index contributed by atoms with van der Waals surface area (Å²) in [6.45, 7) is 2.07. The van der Waals surface area contributed by atoms with E-state index >= 15 is 0 Å². The first kappa shape index (κ1) is 18.9. The topological polar surface area (TPSA) is 71.2 Å². The van der Waals surface area contributed by atoms with Gasteiger partial charge >= 0.3 is 5.97 Å². The molecule has 5 rings (SSSR count). The van der Waals surface area contributed by atoms with Gasteiger partial charge in [-0.3, -0.25) is 4.79 Å². The molecular weight excluding hydrogens is 388 g/mol. The number of H-pyrrole nitrogens is 1. The predicted octanol–water partition coefficient (Wildman–Crippen LogP) is 5.50. The summed E-state index contributed by atoms with van der Waals surface area (Å²) in [5.74, 6) is -0.580. The third-order valence-corrected chi connectivity index (χ3v) is 5.42. The Balaban J connectivity index is 1.59. The second-order valence-electron chi connectivity index (χ2n) is 7.32. The SMILES string of the molecule is CCOC(=O)c1[nH]c(C=C2C(=O)Nc3cc(-c4ccccc4)ccc32)c2ccccc12. The maximum atomic E-state index is 12.8. The molecule has 3 aromatic carbocycles. The lowest BCUT2D eigenvalue weighted by atomic mass is 10.00. The third-order valence-electron chi connectivity index (χ3n) is 5.42. The van der Waals surface area contributed by atoms with E-state index in [9.17, 15) is 9.59 Å². The molecule has 1 amide bonds. The Hall–Kier alpha value is -4.12. The quantitative estimate of drug-likeness (QED) is 0.346. The number of hydrogen-bond acceptors (Lipinski definition) is 3. The van der Waals surface area contributed by atoms with E-state index in [1.165, 1.54) is 0 Å². The fourth-order valence-electron chi connectivity index (χ4n) is 3.98. The van der Waals surface area contributed by atoms with Crippen molar-refractivity contribution in [2.24, 2.45) is 0 Å². The molecule has 0 bridgehead atoms. The van der Waals surface area contributed by atoms with Gasteiger partial charge in [0.05, 0.1) is 12.2 Å². The molecule has 2 heterocycles. The standard InChI is InChI=1S/C26H20N2O3/c1-2-31-26(30)24-20-11-7-6-10-18(20)23(27-24)15-21-19-13-12-17(14-22(19)28-25(21)29)16-8-4-3-5-9-16/h3-15,27H,2H2,1H3,(H,28,29). The van der Waals surface area contributed by atoms with Gasteiger partial charge in [0.2, 0.25) is 0 Å². The molecule has 152 valence electrons. The number of aromatic amines is 1. The molecule has 5 heteroatoms. The second kappa shape index (κ2) is 7.61. The highest BCUT2D eigenvalue weighted by molar-refractivity contribution is 6.35. The van der Waals surface area contributed by atoms with Crippen molar-refractivity contribution in [3.8, 4) is 11.1 Å². The number of amides is 1. The van der Waals surface area contributed by atoms with E-state index in [1.54, 1.807) is 13.0 Å². The van der Waals surface area contributed by atoms with Gasteiger partial charge in [-0.15, -0.1) is 0 Å². The van der Waals surface area contributed by atoms with Crippen LogP contribution in [0.1, 0.15) is 28.7 Å². The summed E-state index contributed by atoms with van der Waals surface area (Å²) >= 11 is 0. The monoisotopic (exact) mass is 408 g/mol. The van der Waals surface area contributed by atoms with Gasteiger partial charge in [0.1, 0.15) is 5.69 Å². The van der Waals surface area contributed by atoms with Gasteiger partial charge in [-0.05, 0) is 30.2 Å². The lowest BCUT2D eigenvalue weighted by Gasteiger charge is -2.04. The molecule has 0 saturated heterocycles. The molecule has 1 aliphatic heterocycles. The molecule has 0 spiro atoms. The second-order valence-corrected chi connectivity index (χ2v) is 7.32. The number of nitrogens with one attached hydrogen (secondary N) is 2. The van der Waals surface area contributed by atoms with E-state index in [0.717, 1.165) is 33.2 Å². The van der Waals surface area contributed by atoms with Crippen molar-refractivity contribution in [1.82, 2.24) is 4.98 Å². The molecule has 1 aromatic heterocycles. The molecule has 31 heavy (non-hydrogen) atoms. The minimum Gasteiger partial charge on any atom is -0.461 e. The van der Waals surface area contributed by atoms with Crippen LogP contribution in [0.3, 0.4) is 0 Å². The highest BCUT2D eigenvalue weighted by Crippen LogP contribution is 2.37. The molecule has 0 saturated carbocycles. The average molecular weight is 408 g/mol. The van der Waals surface area contributed by atoms with Gasteiger partial charge in [0, 0.05) is 27.7 Å². The molecule has 0 radical (unpaired) electrons. The number of hydrogen-bond donors (Lipinski definition) is 2. The number of carbonyl (C=O) groups excluding carboxylic acids is 2. The molecule has 1 aliphatic rings. The summed E-state index contributed by atoms with van der Waals surface area (Å²) in [5.41, 5.74) is 5.38. The van der Waals surface area contributed by atoms with Crippen LogP contribution in [0, 0.1) is 0 Å². The zero-order valence-electron chi connectivity index (χ0n) is 16.9. The van der Waals surface area contributed by atoms with E-state index < -0.39 is 5.97 Å². The van der Waals surface area contributed by atoms with Crippen LogP contribution in [0.5, 0.6) is 0 Å². The van der Waals surface area contributed by atoms with Crippen LogP contribution >= 0.6 is 0 Å². The fraction of sp³-hybridized carbons (Fsp3) is 0.0769. The Labute approximate surface area is 179 Å². The Bertz CT molecular complexity index is 1350. The molecule has 2 N–H and O–H groups in total. The zero-order valence-corrected chi connectivity index (χ0v) is 16.9. The summed E-state index contributed by atoms with van der Waals surface area (Å²) < 4.78 is 5.18. The van der Waals surface area contributed by atoms with Crippen molar-refractivity contribution in [3.63, 3.8) is 0 Å². The van der Waals surface area contributed by atoms with E-state index in [0.29, 0.717) is 23.6 Å². The number of esters is 1. The number of rotatable bonds is 4. The van der Waals surface area contributed by atoms with E-state index in [2.05, 4.69) is 10.3 Å². The number of aromatic nitrogens is 1. The molecular formula is C26H20N2O3. The third kappa shape index (κ3) is 3.30. The summed E-state index contributed by atoms with van der Waals surface area (Å²) in [6, 6.07) is 23.6. The number of ether oxygens (including phenoxy) is 1. The maximum absolute atomic E-state index is 12.8. The number of anilines is 1. The fourth-order valence-corrected chi connectivity index (χ4v) is 3.98. The van der Waals surface area contributed by atoms with Crippen LogP contribution in [-0.2, 0) is 9.53 Å². The zero-order chi connectivity index (χ0) is 21.4. The Morgan fingerprint density at radius 1 is 0.935 bits per heavy atom. The normalized spacial score (nSPS) is 14.0. The summed E-state index contributed by atoms with van der Waals surface area (Å²) in [5, 5.41) is 4.59. The summed E-state index contributed by atoms with van der Waals surface area (Å²) in [6.07, 6.45) is 1.80. The minimum atomic E-state index is -0.410. The van der Waals surface area contributed by atoms with Gasteiger partial charge in [0.15, 0.2) is 0 Å². The van der Waals surface area contributed by atoms with Crippen LogP contribution in [0.15, 0.2) is 72.8 Å². The summed E-state index contributed by atoms with van der Waals surface area (Å²) in [4.78, 5) is 28.3. The van der Waals surface area contributed by atoms with Gasteiger partial charge in [0.25, 0.3) is 5.91 Å².